The van der Waals surface area contributed by atoms with Gasteiger partial charge < -0.3 is 5.73 Å². The van der Waals surface area contributed by atoms with Crippen LogP contribution in [0.4, 0.5) is 0 Å². The Hall–Kier alpha value is 1.11. The molecule has 0 amide bonds. The van der Waals surface area contributed by atoms with E-state index in [9.17, 15) is 0 Å². The van der Waals surface area contributed by atoms with Crippen molar-refractivity contribution in [3.05, 3.63) is 0 Å². The normalized spacial score (nSPS) is 5.43. The van der Waals surface area contributed by atoms with Crippen LogP contribution in [0.3, 0.4) is 0 Å². The molecule has 6 heteroatoms. The van der Waals surface area contributed by atoms with E-state index < -0.39 is 17.1 Å². The average molecular weight is 238 g/mol. The number of nitrogens with two attached hydrogens (primary N) is 1. The molecule has 7 heavy (non-hydrogen) atoms. The van der Waals surface area contributed by atoms with Gasteiger partial charge in [0.2, 0.25) is 0 Å². The summed E-state index contributed by atoms with van der Waals surface area (Å²) in [5, 5.41) is 0. The van der Waals surface area contributed by atoms with Crippen molar-refractivity contribution in [3.63, 3.8) is 0 Å². The second-order valence-electron chi connectivity index (χ2n) is 0.413. The fraction of sp³-hybridized carbons (Fsp3) is 0. The van der Waals surface area contributed by atoms with Crippen LogP contribution in [0.1, 0.15) is 0 Å². The molecule has 0 radical (unpaired) electrons. The third-order valence-corrected chi connectivity index (χ3v) is 0. The second-order valence-corrected chi connectivity index (χ2v) is 2.89. The average Bonchev–Trinajstić information content (AvgIpc) is 1.33. The Morgan fingerprint density at radius 2 is 1.86 bits per heavy atom. The fourth-order valence-corrected chi connectivity index (χ4v) is 0. The molecular weight excluding hydrogens is 234 g/mol. The van der Waals surface area contributed by atoms with Crippen molar-refractivity contribution in [2.45, 2.75) is 0 Å². The Labute approximate surface area is 65.3 Å². The van der Waals surface area contributed by atoms with Crippen LogP contribution in [0, 0.1) is 0 Å². The molecule has 0 aromatic heterocycles. The second kappa shape index (κ2) is 10.2. The Kier molecular flexibility index (Phi) is 15.9. The van der Waals surface area contributed by atoms with E-state index in [0.717, 1.165) is 0 Å². The summed E-state index contributed by atoms with van der Waals surface area (Å²) in [5.74, 6) is 0. The summed E-state index contributed by atoms with van der Waals surface area (Å²) in [6.07, 6.45) is 0. The summed E-state index contributed by atoms with van der Waals surface area (Å²) in [4.78, 5) is 0. The summed E-state index contributed by atoms with van der Waals surface area (Å²) in [7, 11) is 4.08. The van der Waals surface area contributed by atoms with Crippen LogP contribution in [0.25, 0.3) is 0 Å². The van der Waals surface area contributed by atoms with Gasteiger partial charge in [-0.15, -0.1) is 12.6 Å². The van der Waals surface area contributed by atoms with Gasteiger partial charge in [0.1, 0.15) is 4.32 Å². The van der Waals surface area contributed by atoms with E-state index in [4.69, 9.17) is 9.49 Å². The van der Waals surface area contributed by atoms with E-state index in [0.29, 0.717) is 0 Å². The van der Waals surface area contributed by atoms with Crippen molar-refractivity contribution in [1.29, 1.82) is 0 Å². The molecule has 0 aliphatic heterocycles. The van der Waals surface area contributed by atoms with E-state index in [1.54, 1.807) is 0 Å². The van der Waals surface area contributed by atoms with Crippen LogP contribution in [0.2, 0.25) is 0 Å². The summed E-state index contributed by atoms with van der Waals surface area (Å²) in [6, 6.07) is 0. The van der Waals surface area contributed by atoms with Crippen molar-refractivity contribution in [1.82, 2.24) is 0 Å². The van der Waals surface area contributed by atoms with Gasteiger partial charge in [-0.05, 0) is 0 Å². The van der Waals surface area contributed by atoms with E-state index in [1.807, 2.05) is 0 Å². The molecule has 0 fully saturated rings. The predicted octanol–water partition coefficient (Wildman–Crippen LogP) is 0.248. The topological polar surface area (TPSA) is 46.2 Å². The minimum atomic E-state index is -0.947. The zero-order chi connectivity index (χ0) is 6.28. The maximum absolute atomic E-state index is 7.51. The zero-order valence-electron chi connectivity index (χ0n) is 3.20. The standard InChI is InChI=1S/CH3NS2.Mo.H2O.S/c2-1(3)4;;;/h(H3,2,3,4);;1H2;/q;+1;;/p-1. The monoisotopic (exact) mass is 240 g/mol. The van der Waals surface area contributed by atoms with E-state index in [1.165, 1.54) is 0 Å². The van der Waals surface area contributed by atoms with Crippen molar-refractivity contribution in [2.75, 3.05) is 0 Å². The van der Waals surface area contributed by atoms with Crippen LogP contribution < -0.4 is 5.73 Å². The maximum atomic E-state index is 7.51. The van der Waals surface area contributed by atoms with Gasteiger partial charge in [-0.2, -0.15) is 0 Å². The number of hydrogen-bond donors (Lipinski definition) is 3. The van der Waals surface area contributed by atoms with Gasteiger partial charge in [-0.3, -0.25) is 0 Å². The Morgan fingerprint density at radius 1 is 1.86 bits per heavy atom. The van der Waals surface area contributed by atoms with Crippen molar-refractivity contribution in [2.24, 2.45) is 5.73 Å². The van der Waals surface area contributed by atoms with Crippen molar-refractivity contribution in [3.8, 4) is 0 Å². The van der Waals surface area contributed by atoms with Gasteiger partial charge >= 0.3 is 30.7 Å². The first-order valence-electron chi connectivity index (χ1n) is 1.07. The van der Waals surface area contributed by atoms with Crippen molar-refractivity contribution >= 4 is 39.0 Å². The molecule has 0 unspecified atom stereocenters. The molecule has 0 spiro atoms. The molecular formula is CH4MoNOS3. The third-order valence-electron chi connectivity index (χ3n) is 0. The van der Waals surface area contributed by atoms with Gasteiger partial charge in [-0.25, -0.2) is 0 Å². The molecule has 0 rings (SSSR count). The van der Waals surface area contributed by atoms with Crippen molar-refractivity contribution < 1.29 is 20.9 Å². The number of thiol groups is 1. The quantitative estimate of drug-likeness (QED) is 0.321. The number of thiocarbonyl (C=S) groups is 1. The molecule has 43 valence electrons. The molecule has 0 aliphatic rings. The van der Waals surface area contributed by atoms with Gasteiger partial charge in [0.25, 0.3) is 0 Å². The molecule has 0 aromatic rings. The molecule has 0 bridgehead atoms. The molecule has 0 heterocycles. The Balaban J connectivity index is 0. The summed E-state index contributed by atoms with van der Waals surface area (Å²) in [6.45, 7) is 0. The summed E-state index contributed by atoms with van der Waals surface area (Å²) < 4.78 is 7.71. The summed E-state index contributed by atoms with van der Waals surface area (Å²) in [5.41, 5.74) is 4.71. The van der Waals surface area contributed by atoms with Crippen LogP contribution in [0.15, 0.2) is 0 Å². The van der Waals surface area contributed by atoms with Crippen LogP contribution in [-0.2, 0) is 17.1 Å². The molecule has 0 aromatic carbocycles. The molecule has 2 nitrogen and oxygen atoms in total. The third kappa shape index (κ3) is 151. The Morgan fingerprint density at radius 3 is 1.86 bits per heavy atom. The van der Waals surface area contributed by atoms with Gasteiger partial charge in [0, 0.05) is 0 Å². The predicted molar refractivity (Wildman–Crippen MR) is 35.6 cm³/mol. The zero-order valence-corrected chi connectivity index (χ0v) is 7.73. The van der Waals surface area contributed by atoms with E-state index in [2.05, 4.69) is 34.7 Å². The molecule has 0 atom stereocenters. The first kappa shape index (κ1) is 11.0. The van der Waals surface area contributed by atoms with E-state index >= 15 is 0 Å². The Bertz CT molecular complexity index is 62.0. The van der Waals surface area contributed by atoms with Crippen LogP contribution >= 0.6 is 34.7 Å². The number of hydrogen-bond acceptors (Lipinski definition) is 2. The van der Waals surface area contributed by atoms with Crippen LogP contribution in [-0.4, -0.2) is 8.08 Å². The SMILES string of the molecule is NC(=S)S.[OH][Mo]=[S]. The van der Waals surface area contributed by atoms with Gasteiger partial charge in [0.15, 0.2) is 0 Å². The first-order chi connectivity index (χ1) is 3.15. The number of rotatable bonds is 0. The van der Waals surface area contributed by atoms with Gasteiger partial charge in [-0.1, -0.05) is 12.2 Å². The molecule has 0 saturated heterocycles. The first-order valence-corrected chi connectivity index (χ1v) is 5.61. The van der Waals surface area contributed by atoms with Crippen LogP contribution in [0.5, 0.6) is 0 Å². The summed E-state index contributed by atoms with van der Waals surface area (Å²) >= 11 is 6.71. The fourth-order valence-electron chi connectivity index (χ4n) is 0. The molecule has 0 aliphatic carbocycles. The van der Waals surface area contributed by atoms with E-state index in [-0.39, 0.29) is 4.32 Å². The van der Waals surface area contributed by atoms with Gasteiger partial charge in [0.05, 0.1) is 0 Å². The molecule has 0 saturated carbocycles. The molecule has 3 N–H and O–H groups in total. The minimum absolute atomic E-state index is 0.194.